The Hall–Kier alpha value is -2.26. The van der Waals surface area contributed by atoms with E-state index in [-0.39, 0.29) is 6.04 Å². The van der Waals surface area contributed by atoms with Gasteiger partial charge in [0.25, 0.3) is 0 Å². The highest BCUT2D eigenvalue weighted by Gasteiger charge is 2.15. The first kappa shape index (κ1) is 12.8. The molecule has 3 nitrogen and oxygen atoms in total. The summed E-state index contributed by atoms with van der Waals surface area (Å²) < 4.78 is 0. The molecule has 3 rings (SSSR count). The van der Waals surface area contributed by atoms with Crippen LogP contribution in [0.3, 0.4) is 0 Å². The van der Waals surface area contributed by atoms with Crippen LogP contribution in [-0.2, 0) is 13.0 Å². The van der Waals surface area contributed by atoms with Crippen LogP contribution in [0.2, 0.25) is 0 Å². The third-order valence-corrected chi connectivity index (χ3v) is 3.46. The predicted molar refractivity (Wildman–Crippen MR) is 83.3 cm³/mol. The number of amidine groups is 1. The Bertz CT molecular complexity index is 644. The number of rotatable bonds is 4. The minimum Gasteiger partial charge on any atom is -0.326 e. The summed E-state index contributed by atoms with van der Waals surface area (Å²) in [6.07, 6.45) is 2.78. The molecule has 1 atom stereocenters. The maximum atomic E-state index is 5.77. The number of aliphatic imine (C=N–C) groups is 2. The summed E-state index contributed by atoms with van der Waals surface area (Å²) in [5.74, 6) is 0.820. The van der Waals surface area contributed by atoms with Gasteiger partial charge in [-0.25, -0.2) is 4.99 Å². The first-order valence-corrected chi connectivity index (χ1v) is 6.81. The van der Waals surface area contributed by atoms with Gasteiger partial charge >= 0.3 is 0 Å². The van der Waals surface area contributed by atoms with Crippen molar-refractivity contribution in [3.8, 4) is 0 Å². The van der Waals surface area contributed by atoms with Crippen LogP contribution in [0.25, 0.3) is 0 Å². The first-order chi connectivity index (χ1) is 9.86. The second-order valence-corrected chi connectivity index (χ2v) is 4.84. The fourth-order valence-corrected chi connectivity index (χ4v) is 2.40. The molecule has 1 aliphatic rings. The lowest BCUT2D eigenvalue weighted by atomic mass is 10.0. The van der Waals surface area contributed by atoms with Crippen molar-refractivity contribution in [1.82, 2.24) is 0 Å². The Morgan fingerprint density at radius 3 is 2.35 bits per heavy atom. The van der Waals surface area contributed by atoms with E-state index in [2.05, 4.69) is 22.1 Å². The number of nitrogens with two attached hydrogens (primary N) is 1. The van der Waals surface area contributed by atoms with Crippen LogP contribution in [0, 0.1) is 0 Å². The fraction of sp³-hybridized carbons (Fsp3) is 0.176. The quantitative estimate of drug-likeness (QED) is 0.905. The summed E-state index contributed by atoms with van der Waals surface area (Å²) >= 11 is 0. The number of hydrogen-bond donors (Lipinski definition) is 1. The Morgan fingerprint density at radius 1 is 0.900 bits per heavy atom. The Labute approximate surface area is 118 Å². The summed E-state index contributed by atoms with van der Waals surface area (Å²) in [6.45, 7) is 0.565. The van der Waals surface area contributed by atoms with Crippen LogP contribution in [0.5, 0.6) is 0 Å². The van der Waals surface area contributed by atoms with Gasteiger partial charge in [0.1, 0.15) is 0 Å². The zero-order chi connectivity index (χ0) is 13.8. The summed E-state index contributed by atoms with van der Waals surface area (Å²) in [5.41, 5.74) is 9.28. The average Bonchev–Trinajstić information content (AvgIpc) is 2.97. The Kier molecular flexibility index (Phi) is 3.70. The van der Waals surface area contributed by atoms with E-state index in [4.69, 9.17) is 5.73 Å². The van der Waals surface area contributed by atoms with Gasteiger partial charge in [-0.05, 0) is 11.1 Å². The second-order valence-electron chi connectivity index (χ2n) is 4.84. The SMILES string of the molecule is NCc1ccccc1CC1C=NC(c2ccccc2)=N1. The molecule has 0 radical (unpaired) electrons. The molecule has 0 aliphatic carbocycles. The summed E-state index contributed by atoms with van der Waals surface area (Å²) in [5, 5.41) is 0. The van der Waals surface area contributed by atoms with Crippen molar-refractivity contribution in [1.29, 1.82) is 0 Å². The van der Waals surface area contributed by atoms with Gasteiger partial charge in [-0.15, -0.1) is 0 Å². The van der Waals surface area contributed by atoms with E-state index in [0.717, 1.165) is 17.8 Å². The van der Waals surface area contributed by atoms with Crippen LogP contribution >= 0.6 is 0 Å². The van der Waals surface area contributed by atoms with Gasteiger partial charge in [0.05, 0.1) is 6.04 Å². The highest BCUT2D eigenvalue weighted by Crippen LogP contribution is 2.15. The van der Waals surface area contributed by atoms with Crippen LogP contribution in [0.4, 0.5) is 0 Å². The second kappa shape index (κ2) is 5.80. The molecule has 3 heteroatoms. The minimum atomic E-state index is 0.109. The Morgan fingerprint density at radius 2 is 1.60 bits per heavy atom. The maximum absolute atomic E-state index is 5.77. The molecular formula is C17H17N3. The standard InChI is InChI=1S/C17H17N3/c18-11-15-9-5-4-8-14(15)10-16-12-19-17(20-16)13-6-2-1-3-7-13/h1-9,12,16H,10-11,18H2. The maximum Gasteiger partial charge on any atom is 0.154 e. The minimum absolute atomic E-state index is 0.109. The van der Waals surface area contributed by atoms with Gasteiger partial charge in [-0.1, -0.05) is 54.6 Å². The third-order valence-electron chi connectivity index (χ3n) is 3.46. The van der Waals surface area contributed by atoms with E-state index in [0.29, 0.717) is 6.54 Å². The van der Waals surface area contributed by atoms with Crippen molar-refractivity contribution in [3.05, 3.63) is 71.3 Å². The normalized spacial score (nSPS) is 17.2. The van der Waals surface area contributed by atoms with Crippen molar-refractivity contribution in [2.24, 2.45) is 15.7 Å². The zero-order valence-electron chi connectivity index (χ0n) is 11.2. The van der Waals surface area contributed by atoms with Crippen LogP contribution in [0.1, 0.15) is 16.7 Å². The molecule has 100 valence electrons. The molecule has 0 saturated heterocycles. The molecule has 0 aromatic heterocycles. The fourth-order valence-electron chi connectivity index (χ4n) is 2.40. The van der Waals surface area contributed by atoms with Gasteiger partial charge in [0.15, 0.2) is 5.84 Å². The van der Waals surface area contributed by atoms with Gasteiger partial charge < -0.3 is 5.73 Å². The van der Waals surface area contributed by atoms with Gasteiger partial charge in [0.2, 0.25) is 0 Å². The predicted octanol–water partition coefficient (Wildman–Crippen LogP) is 2.59. The third kappa shape index (κ3) is 2.68. The molecule has 1 aliphatic heterocycles. The number of hydrogen-bond acceptors (Lipinski definition) is 3. The van der Waals surface area contributed by atoms with E-state index >= 15 is 0 Å². The molecular weight excluding hydrogens is 246 g/mol. The van der Waals surface area contributed by atoms with E-state index in [1.54, 1.807) is 0 Å². The molecule has 0 spiro atoms. The molecule has 0 saturated carbocycles. The number of nitrogens with zero attached hydrogens (tertiary/aromatic N) is 2. The van der Waals surface area contributed by atoms with Crippen molar-refractivity contribution in [2.75, 3.05) is 0 Å². The van der Waals surface area contributed by atoms with Crippen molar-refractivity contribution in [2.45, 2.75) is 19.0 Å². The van der Waals surface area contributed by atoms with Gasteiger partial charge in [0, 0.05) is 24.7 Å². The molecule has 2 aromatic rings. The molecule has 20 heavy (non-hydrogen) atoms. The summed E-state index contributed by atoms with van der Waals surface area (Å²) in [7, 11) is 0. The largest absolute Gasteiger partial charge is 0.326 e. The van der Waals surface area contributed by atoms with Crippen LogP contribution in [-0.4, -0.2) is 18.1 Å². The lowest BCUT2D eigenvalue weighted by Crippen LogP contribution is -2.11. The van der Waals surface area contributed by atoms with Crippen molar-refractivity contribution in [3.63, 3.8) is 0 Å². The average molecular weight is 263 g/mol. The van der Waals surface area contributed by atoms with E-state index < -0.39 is 0 Å². The summed E-state index contributed by atoms with van der Waals surface area (Å²) in [4.78, 5) is 9.12. The lowest BCUT2D eigenvalue weighted by Gasteiger charge is -2.09. The van der Waals surface area contributed by atoms with E-state index in [9.17, 15) is 0 Å². The lowest BCUT2D eigenvalue weighted by molar-refractivity contribution is 0.860. The van der Waals surface area contributed by atoms with E-state index in [1.165, 1.54) is 11.1 Å². The monoisotopic (exact) mass is 263 g/mol. The summed E-state index contributed by atoms with van der Waals surface area (Å²) in [6, 6.07) is 18.4. The molecule has 1 heterocycles. The van der Waals surface area contributed by atoms with Crippen LogP contribution < -0.4 is 5.73 Å². The smallest absolute Gasteiger partial charge is 0.154 e. The molecule has 0 amide bonds. The highest BCUT2D eigenvalue weighted by molar-refractivity contribution is 6.07. The molecule has 0 fully saturated rings. The zero-order valence-corrected chi connectivity index (χ0v) is 11.2. The van der Waals surface area contributed by atoms with E-state index in [1.807, 2.05) is 48.7 Å². The van der Waals surface area contributed by atoms with Gasteiger partial charge in [-0.2, -0.15) is 0 Å². The topological polar surface area (TPSA) is 50.7 Å². The van der Waals surface area contributed by atoms with Gasteiger partial charge in [-0.3, -0.25) is 4.99 Å². The molecule has 1 unspecified atom stereocenters. The highest BCUT2D eigenvalue weighted by atomic mass is 15.0. The van der Waals surface area contributed by atoms with Crippen LogP contribution in [0.15, 0.2) is 64.6 Å². The first-order valence-electron chi connectivity index (χ1n) is 6.81. The van der Waals surface area contributed by atoms with Crippen molar-refractivity contribution >= 4 is 12.1 Å². The molecule has 0 bridgehead atoms. The molecule has 2 N–H and O–H groups in total. The van der Waals surface area contributed by atoms with Crippen molar-refractivity contribution < 1.29 is 0 Å². The number of benzene rings is 2. The Balaban J connectivity index is 1.78. The molecule has 2 aromatic carbocycles.